The number of halogens is 1. The number of ether oxygens (including phenoxy) is 1. The molecule has 0 saturated heterocycles. The normalized spacial score (nSPS) is 10.3. The highest BCUT2D eigenvalue weighted by Crippen LogP contribution is 2.19. The van der Waals surface area contributed by atoms with Gasteiger partial charge in [-0.2, -0.15) is 0 Å². The first kappa shape index (κ1) is 11.9. The summed E-state index contributed by atoms with van der Waals surface area (Å²) in [6, 6.07) is 9.81. The molecule has 0 aliphatic carbocycles. The lowest BCUT2D eigenvalue weighted by molar-refractivity contribution is 0.305. The first-order valence-electron chi connectivity index (χ1n) is 5.46. The summed E-state index contributed by atoms with van der Waals surface area (Å²) < 4.78 is 5.68. The smallest absolute Gasteiger partial charge is 0.135 e. The predicted molar refractivity (Wildman–Crippen MR) is 69.5 cm³/mol. The van der Waals surface area contributed by atoms with E-state index in [4.69, 9.17) is 16.3 Å². The van der Waals surface area contributed by atoms with Gasteiger partial charge in [-0.1, -0.05) is 23.7 Å². The Hall–Kier alpha value is -1.54. The summed E-state index contributed by atoms with van der Waals surface area (Å²) in [5.41, 5.74) is 3.38. The fourth-order valence-corrected chi connectivity index (χ4v) is 1.67. The second-order valence-electron chi connectivity index (χ2n) is 3.99. The van der Waals surface area contributed by atoms with Gasteiger partial charge in [-0.05, 0) is 43.2 Å². The second kappa shape index (κ2) is 5.19. The summed E-state index contributed by atoms with van der Waals surface area (Å²) in [5, 5.41) is 0.497. The Labute approximate surface area is 106 Å². The highest BCUT2D eigenvalue weighted by Gasteiger charge is 2.02. The van der Waals surface area contributed by atoms with Crippen molar-refractivity contribution in [3.8, 4) is 5.75 Å². The largest absolute Gasteiger partial charge is 0.489 e. The maximum Gasteiger partial charge on any atom is 0.135 e. The summed E-state index contributed by atoms with van der Waals surface area (Å²) >= 11 is 5.96. The van der Waals surface area contributed by atoms with Crippen LogP contribution >= 0.6 is 11.6 Å². The molecule has 0 N–H and O–H groups in total. The Bertz CT molecular complexity index is 525. The number of hydrogen-bond donors (Lipinski definition) is 0. The number of pyridine rings is 1. The molecule has 0 atom stereocenters. The predicted octanol–water partition coefficient (Wildman–Crippen LogP) is 3.93. The third-order valence-electron chi connectivity index (χ3n) is 2.71. The Morgan fingerprint density at radius 1 is 1.18 bits per heavy atom. The van der Waals surface area contributed by atoms with Crippen LogP contribution in [0.5, 0.6) is 5.75 Å². The van der Waals surface area contributed by atoms with Crippen LogP contribution in [0.15, 0.2) is 36.5 Å². The number of benzene rings is 1. The van der Waals surface area contributed by atoms with E-state index in [9.17, 15) is 0 Å². The van der Waals surface area contributed by atoms with E-state index >= 15 is 0 Å². The Morgan fingerprint density at radius 2 is 2.00 bits per heavy atom. The molecule has 1 aromatic heterocycles. The molecule has 0 amide bonds. The highest BCUT2D eigenvalue weighted by atomic mass is 35.5. The van der Waals surface area contributed by atoms with E-state index < -0.39 is 0 Å². The molecule has 2 nitrogen and oxygen atoms in total. The topological polar surface area (TPSA) is 22.1 Å². The quantitative estimate of drug-likeness (QED) is 0.767. The van der Waals surface area contributed by atoms with Gasteiger partial charge in [0.25, 0.3) is 0 Å². The zero-order valence-corrected chi connectivity index (χ0v) is 10.7. The maximum absolute atomic E-state index is 5.96. The molecule has 0 radical (unpaired) electrons. The molecule has 0 aliphatic rings. The van der Waals surface area contributed by atoms with E-state index in [2.05, 4.69) is 24.9 Å². The van der Waals surface area contributed by atoms with Gasteiger partial charge >= 0.3 is 0 Å². The Balaban J connectivity index is 2.08. The average Bonchev–Trinajstić information content (AvgIpc) is 2.32. The Kier molecular flexibility index (Phi) is 3.64. The van der Waals surface area contributed by atoms with Crippen LogP contribution < -0.4 is 4.74 Å². The summed E-state index contributed by atoms with van der Waals surface area (Å²) in [4.78, 5) is 4.01. The number of rotatable bonds is 3. The zero-order chi connectivity index (χ0) is 12.3. The lowest BCUT2D eigenvalue weighted by atomic mass is 10.1. The third kappa shape index (κ3) is 2.98. The molecule has 0 bridgehead atoms. The van der Waals surface area contributed by atoms with Crippen LogP contribution in [0.1, 0.15) is 16.7 Å². The number of aromatic nitrogens is 1. The number of hydrogen-bond acceptors (Lipinski definition) is 2. The molecule has 17 heavy (non-hydrogen) atoms. The minimum Gasteiger partial charge on any atom is -0.489 e. The molecule has 0 saturated carbocycles. The van der Waals surface area contributed by atoms with Crippen molar-refractivity contribution < 1.29 is 4.74 Å². The minimum atomic E-state index is 0.440. The van der Waals surface area contributed by atoms with Crippen molar-refractivity contribution in [2.75, 3.05) is 0 Å². The summed E-state index contributed by atoms with van der Waals surface area (Å²) in [6.45, 7) is 4.59. The van der Waals surface area contributed by atoms with Gasteiger partial charge in [-0.25, -0.2) is 4.98 Å². The first-order valence-corrected chi connectivity index (χ1v) is 5.84. The monoisotopic (exact) mass is 247 g/mol. The van der Waals surface area contributed by atoms with Crippen LogP contribution in [0.2, 0.25) is 5.15 Å². The Morgan fingerprint density at radius 3 is 2.71 bits per heavy atom. The van der Waals surface area contributed by atoms with Crippen LogP contribution in [0.3, 0.4) is 0 Å². The molecule has 0 unspecified atom stereocenters. The van der Waals surface area contributed by atoms with Gasteiger partial charge < -0.3 is 4.74 Å². The molecule has 1 aromatic carbocycles. The third-order valence-corrected chi connectivity index (χ3v) is 3.05. The lowest BCUT2D eigenvalue weighted by Crippen LogP contribution is -1.97. The molecule has 1 heterocycles. The van der Waals surface area contributed by atoms with Gasteiger partial charge in [-0.15, -0.1) is 0 Å². The standard InChI is InChI=1S/C14H14ClNO/c1-10-5-6-13(8-11(10)2)17-9-12-4-3-7-16-14(12)15/h3-8H,9H2,1-2H3. The number of nitrogens with zero attached hydrogens (tertiary/aromatic N) is 1. The second-order valence-corrected chi connectivity index (χ2v) is 4.35. The SMILES string of the molecule is Cc1ccc(OCc2cccnc2Cl)cc1C. The van der Waals surface area contributed by atoms with Crippen LogP contribution in [0, 0.1) is 13.8 Å². The van der Waals surface area contributed by atoms with Crippen molar-refractivity contribution in [3.63, 3.8) is 0 Å². The van der Waals surface area contributed by atoms with Crippen LogP contribution in [-0.2, 0) is 6.61 Å². The fourth-order valence-electron chi connectivity index (χ4n) is 1.49. The lowest BCUT2D eigenvalue weighted by Gasteiger charge is -2.08. The van der Waals surface area contributed by atoms with E-state index in [1.165, 1.54) is 11.1 Å². The van der Waals surface area contributed by atoms with Gasteiger partial charge in [0, 0.05) is 11.8 Å². The van der Waals surface area contributed by atoms with Gasteiger partial charge in [0.2, 0.25) is 0 Å². The molecule has 0 spiro atoms. The van der Waals surface area contributed by atoms with E-state index in [0.29, 0.717) is 11.8 Å². The van der Waals surface area contributed by atoms with Crippen molar-refractivity contribution in [3.05, 3.63) is 58.4 Å². The first-order chi connectivity index (χ1) is 8.16. The van der Waals surface area contributed by atoms with Crippen LogP contribution in [0.25, 0.3) is 0 Å². The molecule has 0 fully saturated rings. The summed E-state index contributed by atoms with van der Waals surface area (Å²) in [6.07, 6.45) is 1.67. The van der Waals surface area contributed by atoms with E-state index in [0.717, 1.165) is 11.3 Å². The molecule has 0 aliphatic heterocycles. The van der Waals surface area contributed by atoms with Gasteiger partial charge in [-0.3, -0.25) is 0 Å². The highest BCUT2D eigenvalue weighted by molar-refractivity contribution is 6.30. The van der Waals surface area contributed by atoms with Crippen molar-refractivity contribution in [2.24, 2.45) is 0 Å². The van der Waals surface area contributed by atoms with Crippen LogP contribution in [-0.4, -0.2) is 4.98 Å². The van der Waals surface area contributed by atoms with E-state index in [1.807, 2.05) is 24.3 Å². The molecular weight excluding hydrogens is 234 g/mol. The van der Waals surface area contributed by atoms with E-state index in [-0.39, 0.29) is 0 Å². The molecule has 88 valence electrons. The summed E-state index contributed by atoms with van der Waals surface area (Å²) in [5.74, 6) is 0.855. The van der Waals surface area contributed by atoms with E-state index in [1.54, 1.807) is 6.20 Å². The molecule has 2 rings (SSSR count). The number of aryl methyl sites for hydroxylation is 2. The van der Waals surface area contributed by atoms with Gasteiger partial charge in [0.05, 0.1) is 0 Å². The van der Waals surface area contributed by atoms with Crippen molar-refractivity contribution in [1.82, 2.24) is 4.98 Å². The van der Waals surface area contributed by atoms with Gasteiger partial charge in [0.15, 0.2) is 0 Å². The average molecular weight is 248 g/mol. The van der Waals surface area contributed by atoms with Crippen LogP contribution in [0.4, 0.5) is 0 Å². The minimum absolute atomic E-state index is 0.440. The van der Waals surface area contributed by atoms with Gasteiger partial charge in [0.1, 0.15) is 17.5 Å². The van der Waals surface area contributed by atoms with Crippen molar-refractivity contribution in [2.45, 2.75) is 20.5 Å². The zero-order valence-electron chi connectivity index (χ0n) is 9.90. The fraction of sp³-hybridized carbons (Fsp3) is 0.214. The maximum atomic E-state index is 5.96. The van der Waals surface area contributed by atoms with Crippen molar-refractivity contribution >= 4 is 11.6 Å². The summed E-state index contributed by atoms with van der Waals surface area (Å²) in [7, 11) is 0. The molecule has 2 aromatic rings. The molecular formula is C14H14ClNO. The molecule has 3 heteroatoms. The van der Waals surface area contributed by atoms with Crippen molar-refractivity contribution in [1.29, 1.82) is 0 Å².